The second kappa shape index (κ2) is 5.88. The van der Waals surface area contributed by atoms with Crippen molar-refractivity contribution in [1.82, 2.24) is 9.97 Å². The number of hydrogen-bond donors (Lipinski definition) is 1. The number of rotatable bonds is 4. The van der Waals surface area contributed by atoms with Gasteiger partial charge in [-0.15, -0.1) is 0 Å². The maximum atomic E-state index is 10.5. The van der Waals surface area contributed by atoms with Crippen molar-refractivity contribution in [1.29, 1.82) is 0 Å². The van der Waals surface area contributed by atoms with Crippen LogP contribution in [0.3, 0.4) is 0 Å². The van der Waals surface area contributed by atoms with Crippen molar-refractivity contribution in [2.75, 3.05) is 14.2 Å². The molecule has 1 unspecified atom stereocenters. The summed E-state index contributed by atoms with van der Waals surface area (Å²) in [5.41, 5.74) is 3.41. The number of hydrogen-bond acceptors (Lipinski definition) is 5. The molecule has 2 aromatic rings. The van der Waals surface area contributed by atoms with E-state index in [4.69, 9.17) is 9.47 Å². The lowest BCUT2D eigenvalue weighted by Crippen LogP contribution is -2.07. The van der Waals surface area contributed by atoms with Gasteiger partial charge in [-0.3, -0.25) is 0 Å². The van der Waals surface area contributed by atoms with Crippen LogP contribution < -0.4 is 9.47 Å². The molecule has 0 bridgehead atoms. The average molecular weight is 274 g/mol. The number of aliphatic hydroxyl groups is 1. The first-order chi connectivity index (χ1) is 9.56. The lowest BCUT2D eigenvalue weighted by atomic mass is 10.0. The molecule has 5 heteroatoms. The van der Waals surface area contributed by atoms with Gasteiger partial charge in [-0.2, -0.15) is 4.98 Å². The van der Waals surface area contributed by atoms with Crippen molar-refractivity contribution in [3.63, 3.8) is 0 Å². The molecule has 0 spiro atoms. The molecule has 1 N–H and O–H groups in total. The third kappa shape index (κ3) is 2.72. The van der Waals surface area contributed by atoms with E-state index in [1.165, 1.54) is 26.0 Å². The van der Waals surface area contributed by atoms with Crippen LogP contribution in [-0.2, 0) is 0 Å². The van der Waals surface area contributed by atoms with E-state index >= 15 is 0 Å². The molecular weight excluding hydrogens is 256 g/mol. The van der Waals surface area contributed by atoms with Gasteiger partial charge >= 0.3 is 0 Å². The Bertz CT molecular complexity index is 614. The van der Waals surface area contributed by atoms with Crippen molar-refractivity contribution in [2.24, 2.45) is 0 Å². The van der Waals surface area contributed by atoms with Gasteiger partial charge in [0.2, 0.25) is 11.8 Å². The molecule has 0 saturated carbocycles. The SMILES string of the molecule is COc1cnc(C(O)c2ccc(C)c(C)c2)c(OC)n1. The Morgan fingerprint density at radius 3 is 2.45 bits per heavy atom. The van der Waals surface area contributed by atoms with E-state index in [2.05, 4.69) is 9.97 Å². The number of benzene rings is 1. The molecule has 0 aliphatic rings. The van der Waals surface area contributed by atoms with Gasteiger partial charge in [0.15, 0.2) is 0 Å². The van der Waals surface area contributed by atoms with Crippen LogP contribution >= 0.6 is 0 Å². The summed E-state index contributed by atoms with van der Waals surface area (Å²) in [6, 6.07) is 5.78. The summed E-state index contributed by atoms with van der Waals surface area (Å²) in [7, 11) is 2.99. The Kier molecular flexibility index (Phi) is 4.20. The lowest BCUT2D eigenvalue weighted by molar-refractivity contribution is 0.206. The quantitative estimate of drug-likeness (QED) is 0.926. The molecule has 20 heavy (non-hydrogen) atoms. The molecule has 0 aliphatic carbocycles. The number of aliphatic hydroxyl groups excluding tert-OH is 1. The predicted molar refractivity (Wildman–Crippen MR) is 75.1 cm³/mol. The maximum Gasteiger partial charge on any atom is 0.241 e. The molecule has 2 rings (SSSR count). The van der Waals surface area contributed by atoms with Crippen LogP contribution in [0.4, 0.5) is 0 Å². The van der Waals surface area contributed by atoms with Gasteiger partial charge in [0.25, 0.3) is 0 Å². The summed E-state index contributed by atoms with van der Waals surface area (Å²) >= 11 is 0. The first kappa shape index (κ1) is 14.3. The topological polar surface area (TPSA) is 64.5 Å². The Labute approximate surface area is 118 Å². The normalized spacial score (nSPS) is 12.1. The monoisotopic (exact) mass is 274 g/mol. The van der Waals surface area contributed by atoms with E-state index < -0.39 is 6.10 Å². The van der Waals surface area contributed by atoms with Crippen molar-refractivity contribution >= 4 is 0 Å². The molecule has 1 aromatic heterocycles. The van der Waals surface area contributed by atoms with E-state index in [1.807, 2.05) is 32.0 Å². The minimum atomic E-state index is -0.886. The van der Waals surface area contributed by atoms with Crippen molar-refractivity contribution in [3.05, 3.63) is 46.8 Å². The second-order valence-electron chi connectivity index (χ2n) is 4.55. The molecule has 0 radical (unpaired) electrons. The summed E-state index contributed by atoms with van der Waals surface area (Å²) in [4.78, 5) is 8.32. The number of methoxy groups -OCH3 is 2. The number of ether oxygens (including phenoxy) is 2. The summed E-state index contributed by atoms with van der Waals surface area (Å²) in [5, 5.41) is 10.5. The zero-order valence-electron chi connectivity index (χ0n) is 12.0. The van der Waals surface area contributed by atoms with Crippen LogP contribution in [0.15, 0.2) is 24.4 Å². The molecule has 0 aliphatic heterocycles. The largest absolute Gasteiger partial charge is 0.480 e. The van der Waals surface area contributed by atoms with Crippen LogP contribution in [0.2, 0.25) is 0 Å². The second-order valence-corrected chi connectivity index (χ2v) is 4.55. The fourth-order valence-electron chi connectivity index (χ4n) is 1.89. The van der Waals surface area contributed by atoms with E-state index in [9.17, 15) is 5.11 Å². The number of aromatic nitrogens is 2. The minimum absolute atomic E-state index is 0.259. The summed E-state index contributed by atoms with van der Waals surface area (Å²) in [6.45, 7) is 4.03. The molecule has 0 saturated heterocycles. The first-order valence-corrected chi connectivity index (χ1v) is 6.27. The maximum absolute atomic E-state index is 10.5. The fourth-order valence-corrected chi connectivity index (χ4v) is 1.89. The number of nitrogens with zero attached hydrogens (tertiary/aromatic N) is 2. The van der Waals surface area contributed by atoms with Crippen LogP contribution in [0.5, 0.6) is 11.8 Å². The van der Waals surface area contributed by atoms with Crippen LogP contribution in [-0.4, -0.2) is 29.3 Å². The first-order valence-electron chi connectivity index (χ1n) is 6.27. The van der Waals surface area contributed by atoms with Crippen molar-refractivity contribution < 1.29 is 14.6 Å². The zero-order chi connectivity index (χ0) is 14.7. The average Bonchev–Trinajstić information content (AvgIpc) is 2.48. The molecule has 0 fully saturated rings. The fraction of sp³-hybridized carbons (Fsp3) is 0.333. The molecule has 5 nitrogen and oxygen atoms in total. The lowest BCUT2D eigenvalue weighted by Gasteiger charge is -2.15. The Morgan fingerprint density at radius 1 is 1.10 bits per heavy atom. The minimum Gasteiger partial charge on any atom is -0.480 e. The third-order valence-electron chi connectivity index (χ3n) is 3.25. The van der Waals surface area contributed by atoms with Gasteiger partial charge in [0.05, 0.1) is 20.4 Å². The van der Waals surface area contributed by atoms with E-state index in [0.29, 0.717) is 11.6 Å². The zero-order valence-corrected chi connectivity index (χ0v) is 12.0. The molecule has 0 amide bonds. The van der Waals surface area contributed by atoms with Crippen LogP contribution in [0.25, 0.3) is 0 Å². The Hall–Kier alpha value is -2.14. The van der Waals surface area contributed by atoms with Gasteiger partial charge in [0, 0.05) is 0 Å². The third-order valence-corrected chi connectivity index (χ3v) is 3.25. The van der Waals surface area contributed by atoms with Crippen LogP contribution in [0, 0.1) is 13.8 Å². The van der Waals surface area contributed by atoms with Gasteiger partial charge in [-0.05, 0) is 30.5 Å². The Balaban J connectivity index is 2.41. The van der Waals surface area contributed by atoms with E-state index in [1.54, 1.807) is 0 Å². The summed E-state index contributed by atoms with van der Waals surface area (Å²) in [6.07, 6.45) is 0.574. The van der Waals surface area contributed by atoms with E-state index in [-0.39, 0.29) is 5.88 Å². The smallest absolute Gasteiger partial charge is 0.241 e. The summed E-state index contributed by atoms with van der Waals surface area (Å²) < 4.78 is 10.2. The molecule has 1 heterocycles. The predicted octanol–water partition coefficient (Wildman–Crippen LogP) is 2.19. The van der Waals surface area contributed by atoms with Crippen molar-refractivity contribution in [3.8, 4) is 11.8 Å². The summed E-state index contributed by atoms with van der Waals surface area (Å²) in [5.74, 6) is 0.605. The Morgan fingerprint density at radius 2 is 1.85 bits per heavy atom. The van der Waals surface area contributed by atoms with Crippen LogP contribution in [0.1, 0.15) is 28.5 Å². The highest BCUT2D eigenvalue weighted by Gasteiger charge is 2.19. The molecular formula is C15H18N2O3. The number of aryl methyl sites for hydroxylation is 2. The highest BCUT2D eigenvalue weighted by molar-refractivity contribution is 5.37. The molecule has 106 valence electrons. The standard InChI is InChI=1S/C15H18N2O3/c1-9-5-6-11(7-10(9)2)14(18)13-15(20-4)17-12(19-3)8-16-13/h5-8,14,18H,1-4H3. The molecule has 1 atom stereocenters. The van der Waals surface area contributed by atoms with Gasteiger partial charge in [-0.1, -0.05) is 18.2 Å². The van der Waals surface area contributed by atoms with E-state index in [0.717, 1.165) is 11.1 Å². The van der Waals surface area contributed by atoms with Gasteiger partial charge < -0.3 is 14.6 Å². The molecule has 1 aromatic carbocycles. The highest BCUT2D eigenvalue weighted by Crippen LogP contribution is 2.28. The highest BCUT2D eigenvalue weighted by atomic mass is 16.5. The van der Waals surface area contributed by atoms with Crippen molar-refractivity contribution in [2.45, 2.75) is 20.0 Å². The van der Waals surface area contributed by atoms with Gasteiger partial charge in [-0.25, -0.2) is 4.98 Å². The van der Waals surface area contributed by atoms with Gasteiger partial charge in [0.1, 0.15) is 11.8 Å².